The summed E-state index contributed by atoms with van der Waals surface area (Å²) in [4.78, 5) is 0. The summed E-state index contributed by atoms with van der Waals surface area (Å²) in [6, 6.07) is 14.2. The SMILES string of the molecule is CC(NCCSC(F)(F)F)c1ccc2ccccc2c1. The van der Waals surface area contributed by atoms with Gasteiger partial charge < -0.3 is 5.32 Å². The van der Waals surface area contributed by atoms with Crippen LogP contribution in [-0.2, 0) is 0 Å². The number of halogens is 3. The number of nitrogens with one attached hydrogen (secondary N) is 1. The Balaban J connectivity index is 1.92. The van der Waals surface area contributed by atoms with E-state index < -0.39 is 5.51 Å². The molecule has 1 atom stereocenters. The number of hydrogen-bond acceptors (Lipinski definition) is 2. The lowest BCUT2D eigenvalue weighted by atomic mass is 10.0. The molecule has 0 aliphatic heterocycles. The van der Waals surface area contributed by atoms with Crippen molar-refractivity contribution < 1.29 is 13.2 Å². The topological polar surface area (TPSA) is 12.0 Å². The maximum absolute atomic E-state index is 12.0. The number of alkyl halides is 3. The van der Waals surface area contributed by atoms with Gasteiger partial charge in [0, 0.05) is 18.3 Å². The molecule has 0 bridgehead atoms. The molecule has 2 aromatic rings. The lowest BCUT2D eigenvalue weighted by molar-refractivity contribution is -0.0327. The van der Waals surface area contributed by atoms with Crippen LogP contribution >= 0.6 is 11.8 Å². The summed E-state index contributed by atoms with van der Waals surface area (Å²) in [5.74, 6) is 0.0292. The van der Waals surface area contributed by atoms with Crippen LogP contribution in [0.3, 0.4) is 0 Å². The van der Waals surface area contributed by atoms with Crippen molar-refractivity contribution in [3.63, 3.8) is 0 Å². The summed E-state index contributed by atoms with van der Waals surface area (Å²) in [5.41, 5.74) is -3.06. The monoisotopic (exact) mass is 299 g/mol. The van der Waals surface area contributed by atoms with Gasteiger partial charge in [-0.25, -0.2) is 0 Å². The van der Waals surface area contributed by atoms with E-state index >= 15 is 0 Å². The van der Waals surface area contributed by atoms with Crippen LogP contribution in [0.4, 0.5) is 13.2 Å². The Labute approximate surface area is 120 Å². The highest BCUT2D eigenvalue weighted by molar-refractivity contribution is 8.00. The molecule has 1 nitrogen and oxygen atoms in total. The molecular formula is C15H16F3NS. The van der Waals surface area contributed by atoms with E-state index in [0.717, 1.165) is 16.3 Å². The van der Waals surface area contributed by atoms with Gasteiger partial charge in [-0.15, -0.1) is 0 Å². The van der Waals surface area contributed by atoms with E-state index in [1.54, 1.807) is 0 Å². The molecule has 20 heavy (non-hydrogen) atoms. The van der Waals surface area contributed by atoms with E-state index in [2.05, 4.69) is 11.4 Å². The van der Waals surface area contributed by atoms with E-state index in [0.29, 0.717) is 6.54 Å². The number of rotatable bonds is 5. The molecule has 0 saturated heterocycles. The lowest BCUT2D eigenvalue weighted by Crippen LogP contribution is -2.22. The summed E-state index contributed by atoms with van der Waals surface area (Å²) in [7, 11) is 0. The van der Waals surface area contributed by atoms with E-state index in [1.807, 2.05) is 43.3 Å². The zero-order valence-corrected chi connectivity index (χ0v) is 11.9. The molecule has 0 amide bonds. The third kappa shape index (κ3) is 4.42. The van der Waals surface area contributed by atoms with Crippen LogP contribution in [0.1, 0.15) is 18.5 Å². The van der Waals surface area contributed by atoms with Gasteiger partial charge in [-0.1, -0.05) is 36.4 Å². The molecule has 0 heterocycles. The van der Waals surface area contributed by atoms with Gasteiger partial charge in [0.1, 0.15) is 0 Å². The zero-order chi connectivity index (χ0) is 14.6. The maximum Gasteiger partial charge on any atom is 0.441 e. The Kier molecular flexibility index (Phi) is 4.94. The first kappa shape index (κ1) is 15.2. The zero-order valence-electron chi connectivity index (χ0n) is 11.1. The van der Waals surface area contributed by atoms with E-state index in [4.69, 9.17) is 0 Å². The number of hydrogen-bond donors (Lipinski definition) is 1. The molecule has 2 rings (SSSR count). The molecule has 5 heteroatoms. The predicted molar refractivity (Wildman–Crippen MR) is 78.9 cm³/mol. The summed E-state index contributed by atoms with van der Waals surface area (Å²) < 4.78 is 36.0. The Hall–Kier alpha value is -1.20. The smallest absolute Gasteiger partial charge is 0.309 e. The molecular weight excluding hydrogens is 283 g/mol. The van der Waals surface area contributed by atoms with Gasteiger partial charge in [-0.2, -0.15) is 13.2 Å². The minimum atomic E-state index is -4.14. The molecule has 0 saturated carbocycles. The van der Waals surface area contributed by atoms with Crippen molar-refractivity contribution in [3.8, 4) is 0 Å². The molecule has 2 aromatic carbocycles. The molecule has 0 aliphatic rings. The first-order chi connectivity index (χ1) is 9.46. The van der Waals surface area contributed by atoms with Crippen LogP contribution in [0.5, 0.6) is 0 Å². The minimum Gasteiger partial charge on any atom is -0.309 e. The van der Waals surface area contributed by atoms with Crippen molar-refractivity contribution >= 4 is 22.5 Å². The molecule has 1 N–H and O–H groups in total. The molecule has 0 aliphatic carbocycles. The Morgan fingerprint density at radius 3 is 2.50 bits per heavy atom. The van der Waals surface area contributed by atoms with Crippen LogP contribution in [-0.4, -0.2) is 17.8 Å². The van der Waals surface area contributed by atoms with Crippen LogP contribution in [0.2, 0.25) is 0 Å². The van der Waals surface area contributed by atoms with Crippen molar-refractivity contribution in [1.82, 2.24) is 5.32 Å². The Morgan fingerprint density at radius 2 is 1.80 bits per heavy atom. The normalized spacial score (nSPS) is 13.6. The Bertz CT molecular complexity index is 568. The second-order valence-electron chi connectivity index (χ2n) is 4.58. The molecule has 1 unspecified atom stereocenters. The first-order valence-corrected chi connectivity index (χ1v) is 7.37. The van der Waals surface area contributed by atoms with Crippen molar-refractivity contribution in [2.45, 2.75) is 18.5 Å². The third-order valence-corrected chi connectivity index (χ3v) is 3.83. The average molecular weight is 299 g/mol. The molecule has 0 spiro atoms. The van der Waals surface area contributed by atoms with Gasteiger partial charge in [0.2, 0.25) is 0 Å². The van der Waals surface area contributed by atoms with Gasteiger partial charge in [0.05, 0.1) is 0 Å². The molecule has 0 fully saturated rings. The van der Waals surface area contributed by atoms with Crippen molar-refractivity contribution in [3.05, 3.63) is 48.0 Å². The third-order valence-electron chi connectivity index (χ3n) is 3.09. The van der Waals surface area contributed by atoms with Crippen LogP contribution < -0.4 is 5.32 Å². The van der Waals surface area contributed by atoms with Crippen LogP contribution in [0.25, 0.3) is 10.8 Å². The minimum absolute atomic E-state index is 0.0108. The highest BCUT2D eigenvalue weighted by Crippen LogP contribution is 2.29. The van der Waals surface area contributed by atoms with Crippen molar-refractivity contribution in [1.29, 1.82) is 0 Å². The molecule has 108 valence electrons. The van der Waals surface area contributed by atoms with Gasteiger partial charge in [-0.3, -0.25) is 0 Å². The summed E-state index contributed by atoms with van der Waals surface area (Å²) in [6.45, 7) is 2.29. The maximum atomic E-state index is 12.0. The highest BCUT2D eigenvalue weighted by atomic mass is 32.2. The number of thioether (sulfide) groups is 1. The van der Waals surface area contributed by atoms with Gasteiger partial charge in [0.25, 0.3) is 0 Å². The fourth-order valence-corrected chi connectivity index (χ4v) is 2.49. The first-order valence-electron chi connectivity index (χ1n) is 6.38. The standard InChI is InChI=1S/C15H16F3NS/c1-11(19-8-9-20-15(16,17)18)13-7-6-12-4-2-3-5-14(12)10-13/h2-7,10-11,19H,8-9H2,1H3. The lowest BCUT2D eigenvalue weighted by Gasteiger charge is -2.15. The van der Waals surface area contributed by atoms with Crippen LogP contribution in [0, 0.1) is 0 Å². The summed E-state index contributed by atoms with van der Waals surface area (Å²) in [6.07, 6.45) is 0. The summed E-state index contributed by atoms with van der Waals surface area (Å²) in [5, 5.41) is 5.42. The predicted octanol–water partition coefficient (Wildman–Crippen LogP) is 4.74. The fraction of sp³-hybridized carbons (Fsp3) is 0.333. The second kappa shape index (κ2) is 6.50. The largest absolute Gasteiger partial charge is 0.441 e. The molecule has 0 radical (unpaired) electrons. The van der Waals surface area contributed by atoms with Gasteiger partial charge >= 0.3 is 5.51 Å². The van der Waals surface area contributed by atoms with Crippen molar-refractivity contribution in [2.24, 2.45) is 0 Å². The average Bonchev–Trinajstić information content (AvgIpc) is 2.42. The summed E-state index contributed by atoms with van der Waals surface area (Å²) >= 11 is 0.0108. The quantitative estimate of drug-likeness (QED) is 0.800. The number of fused-ring (bicyclic) bond motifs is 1. The van der Waals surface area contributed by atoms with E-state index in [-0.39, 0.29) is 23.6 Å². The van der Waals surface area contributed by atoms with Gasteiger partial charge in [0.15, 0.2) is 0 Å². The van der Waals surface area contributed by atoms with Crippen molar-refractivity contribution in [2.75, 3.05) is 12.3 Å². The van der Waals surface area contributed by atoms with Gasteiger partial charge in [-0.05, 0) is 41.1 Å². The highest BCUT2D eigenvalue weighted by Gasteiger charge is 2.27. The fourth-order valence-electron chi connectivity index (χ4n) is 2.04. The van der Waals surface area contributed by atoms with E-state index in [1.165, 1.54) is 0 Å². The Morgan fingerprint density at radius 1 is 1.10 bits per heavy atom. The molecule has 0 aromatic heterocycles. The number of benzene rings is 2. The second-order valence-corrected chi connectivity index (χ2v) is 5.74. The van der Waals surface area contributed by atoms with E-state index in [9.17, 15) is 13.2 Å². The van der Waals surface area contributed by atoms with Crippen LogP contribution in [0.15, 0.2) is 42.5 Å².